The molecule has 1 rings (SSSR count). The molecule has 0 aromatic heterocycles. The molecule has 0 N–H and O–H groups in total. The van der Waals surface area contributed by atoms with Gasteiger partial charge in [0.2, 0.25) is 0 Å². The molecule has 1 atom stereocenters. The molecule has 0 fully saturated rings. The van der Waals surface area contributed by atoms with E-state index in [1.807, 2.05) is 13.8 Å². The predicted octanol–water partition coefficient (Wildman–Crippen LogP) is 2.89. The van der Waals surface area contributed by atoms with Crippen LogP contribution in [0.1, 0.15) is 33.1 Å². The summed E-state index contributed by atoms with van der Waals surface area (Å²) in [7, 11) is 0. The molecular weight excluding hydrogens is 134 g/mol. The Kier molecular flexibility index (Phi) is 2.34. The number of rotatable bonds is 1. The second-order valence-corrected chi connectivity index (χ2v) is 3.80. The van der Waals surface area contributed by atoms with Gasteiger partial charge in [-0.2, -0.15) is 5.26 Å². The van der Waals surface area contributed by atoms with Crippen LogP contribution in [0.5, 0.6) is 0 Å². The summed E-state index contributed by atoms with van der Waals surface area (Å²) in [5.74, 6) is 0.473. The van der Waals surface area contributed by atoms with Gasteiger partial charge in [0.25, 0.3) is 0 Å². The van der Waals surface area contributed by atoms with Gasteiger partial charge in [0.05, 0.1) is 11.5 Å². The van der Waals surface area contributed by atoms with Crippen molar-refractivity contribution in [1.82, 2.24) is 0 Å². The zero-order chi connectivity index (χ0) is 8.32. The van der Waals surface area contributed by atoms with Crippen molar-refractivity contribution in [2.24, 2.45) is 11.3 Å². The highest BCUT2D eigenvalue weighted by Gasteiger charge is 2.27. The SMILES string of the molecule is CC(C)(C#N)C1C=CCCC1. The summed E-state index contributed by atoms with van der Waals surface area (Å²) in [6.07, 6.45) is 8.02. The van der Waals surface area contributed by atoms with Crippen LogP contribution in [0, 0.1) is 22.7 Å². The minimum atomic E-state index is -0.170. The number of allylic oxidation sites excluding steroid dienone is 2. The highest BCUT2D eigenvalue weighted by Crippen LogP contribution is 2.33. The Hall–Kier alpha value is -0.770. The van der Waals surface area contributed by atoms with E-state index in [2.05, 4.69) is 18.2 Å². The maximum atomic E-state index is 8.86. The molecule has 0 aromatic carbocycles. The molecule has 60 valence electrons. The van der Waals surface area contributed by atoms with Crippen LogP contribution in [0.15, 0.2) is 12.2 Å². The van der Waals surface area contributed by atoms with Crippen LogP contribution in [0.2, 0.25) is 0 Å². The van der Waals surface area contributed by atoms with Crippen LogP contribution >= 0.6 is 0 Å². The van der Waals surface area contributed by atoms with E-state index < -0.39 is 0 Å². The maximum Gasteiger partial charge on any atom is 0.0690 e. The van der Waals surface area contributed by atoms with Crippen LogP contribution in [0.3, 0.4) is 0 Å². The van der Waals surface area contributed by atoms with Crippen molar-refractivity contribution in [3.05, 3.63) is 12.2 Å². The molecule has 0 radical (unpaired) electrons. The normalized spacial score (nSPS) is 24.6. The number of nitriles is 1. The molecule has 1 aliphatic carbocycles. The average Bonchev–Trinajstić information content (AvgIpc) is 2.06. The molecule has 1 heteroatoms. The van der Waals surface area contributed by atoms with E-state index in [-0.39, 0.29) is 5.41 Å². The third-order valence-electron chi connectivity index (χ3n) is 2.47. The molecule has 1 unspecified atom stereocenters. The van der Waals surface area contributed by atoms with E-state index in [9.17, 15) is 0 Å². The monoisotopic (exact) mass is 149 g/mol. The van der Waals surface area contributed by atoms with Gasteiger partial charge in [-0.25, -0.2) is 0 Å². The van der Waals surface area contributed by atoms with Crippen LogP contribution < -0.4 is 0 Å². The van der Waals surface area contributed by atoms with Gasteiger partial charge in [-0.05, 0) is 39.0 Å². The largest absolute Gasteiger partial charge is 0.198 e. The van der Waals surface area contributed by atoms with Gasteiger partial charge in [-0.1, -0.05) is 12.2 Å². The van der Waals surface area contributed by atoms with Crippen LogP contribution in [-0.2, 0) is 0 Å². The van der Waals surface area contributed by atoms with Gasteiger partial charge in [0.15, 0.2) is 0 Å². The van der Waals surface area contributed by atoms with Gasteiger partial charge in [-0.15, -0.1) is 0 Å². The van der Waals surface area contributed by atoms with Gasteiger partial charge in [0.1, 0.15) is 0 Å². The summed E-state index contributed by atoms with van der Waals surface area (Å²) in [5.41, 5.74) is -0.170. The lowest BCUT2D eigenvalue weighted by molar-refractivity contribution is 0.321. The van der Waals surface area contributed by atoms with Crippen molar-refractivity contribution >= 4 is 0 Å². The minimum Gasteiger partial charge on any atom is -0.198 e. The van der Waals surface area contributed by atoms with E-state index in [4.69, 9.17) is 5.26 Å². The number of nitrogens with zero attached hydrogens (tertiary/aromatic N) is 1. The fourth-order valence-corrected chi connectivity index (χ4v) is 1.50. The van der Waals surface area contributed by atoms with E-state index in [1.165, 1.54) is 19.3 Å². The van der Waals surface area contributed by atoms with Crippen molar-refractivity contribution in [1.29, 1.82) is 5.26 Å². The molecular formula is C10H15N. The summed E-state index contributed by atoms with van der Waals surface area (Å²) in [4.78, 5) is 0. The van der Waals surface area contributed by atoms with Gasteiger partial charge < -0.3 is 0 Å². The molecule has 0 amide bonds. The van der Waals surface area contributed by atoms with E-state index in [1.54, 1.807) is 0 Å². The summed E-state index contributed by atoms with van der Waals surface area (Å²) in [5, 5.41) is 8.86. The standard InChI is InChI=1S/C10H15N/c1-10(2,8-11)9-6-4-3-5-7-9/h4,6,9H,3,5,7H2,1-2H3. The first kappa shape index (κ1) is 8.33. The summed E-state index contributed by atoms with van der Waals surface area (Å²) in [6.45, 7) is 4.04. The fourth-order valence-electron chi connectivity index (χ4n) is 1.50. The molecule has 0 saturated heterocycles. The summed E-state index contributed by atoms with van der Waals surface area (Å²) in [6, 6.07) is 2.36. The molecule has 1 aliphatic rings. The van der Waals surface area contributed by atoms with Crippen molar-refractivity contribution in [3.63, 3.8) is 0 Å². The fraction of sp³-hybridized carbons (Fsp3) is 0.700. The first-order chi connectivity index (χ1) is 5.17. The zero-order valence-corrected chi connectivity index (χ0v) is 7.30. The minimum absolute atomic E-state index is 0.170. The van der Waals surface area contributed by atoms with Crippen LogP contribution in [0.4, 0.5) is 0 Å². The molecule has 0 bridgehead atoms. The Morgan fingerprint density at radius 1 is 1.55 bits per heavy atom. The van der Waals surface area contributed by atoms with Gasteiger partial charge in [-0.3, -0.25) is 0 Å². The molecule has 1 nitrogen and oxygen atoms in total. The third-order valence-corrected chi connectivity index (χ3v) is 2.47. The average molecular weight is 149 g/mol. The van der Waals surface area contributed by atoms with E-state index in [0.29, 0.717) is 5.92 Å². The molecule has 0 heterocycles. The Morgan fingerprint density at radius 3 is 2.73 bits per heavy atom. The zero-order valence-electron chi connectivity index (χ0n) is 7.30. The summed E-state index contributed by atoms with van der Waals surface area (Å²) >= 11 is 0. The first-order valence-corrected chi connectivity index (χ1v) is 4.25. The van der Waals surface area contributed by atoms with Gasteiger partial charge >= 0.3 is 0 Å². The topological polar surface area (TPSA) is 23.8 Å². The highest BCUT2D eigenvalue weighted by molar-refractivity contribution is 5.06. The lowest BCUT2D eigenvalue weighted by Gasteiger charge is -2.27. The lowest BCUT2D eigenvalue weighted by Crippen LogP contribution is -2.21. The quantitative estimate of drug-likeness (QED) is 0.526. The van der Waals surface area contributed by atoms with Crippen molar-refractivity contribution in [3.8, 4) is 6.07 Å². The molecule has 0 spiro atoms. The first-order valence-electron chi connectivity index (χ1n) is 4.25. The molecule has 0 saturated carbocycles. The number of hydrogen-bond acceptors (Lipinski definition) is 1. The smallest absolute Gasteiger partial charge is 0.0690 e. The summed E-state index contributed by atoms with van der Waals surface area (Å²) < 4.78 is 0. The number of hydrogen-bond donors (Lipinski definition) is 0. The van der Waals surface area contributed by atoms with Crippen LogP contribution in [0.25, 0.3) is 0 Å². The Labute approximate surface area is 68.7 Å². The van der Waals surface area contributed by atoms with Crippen molar-refractivity contribution in [2.45, 2.75) is 33.1 Å². The van der Waals surface area contributed by atoms with Gasteiger partial charge in [0, 0.05) is 0 Å². The van der Waals surface area contributed by atoms with E-state index >= 15 is 0 Å². The highest BCUT2D eigenvalue weighted by atomic mass is 14.4. The van der Waals surface area contributed by atoms with Crippen molar-refractivity contribution < 1.29 is 0 Å². The van der Waals surface area contributed by atoms with E-state index in [0.717, 1.165) is 0 Å². The third kappa shape index (κ3) is 1.83. The predicted molar refractivity (Wildman–Crippen MR) is 45.9 cm³/mol. The molecule has 0 aromatic rings. The van der Waals surface area contributed by atoms with Crippen LogP contribution in [-0.4, -0.2) is 0 Å². The second-order valence-electron chi connectivity index (χ2n) is 3.80. The molecule has 11 heavy (non-hydrogen) atoms. The lowest BCUT2D eigenvalue weighted by atomic mass is 9.75. The second kappa shape index (κ2) is 3.09. The Balaban J connectivity index is 2.67. The molecule has 0 aliphatic heterocycles. The Morgan fingerprint density at radius 2 is 2.27 bits per heavy atom. The van der Waals surface area contributed by atoms with Crippen molar-refractivity contribution in [2.75, 3.05) is 0 Å². The maximum absolute atomic E-state index is 8.86. The Bertz CT molecular complexity index is 195.